The van der Waals surface area contributed by atoms with Gasteiger partial charge in [-0.05, 0) is 24.4 Å². The number of rotatable bonds is 3. The zero-order chi connectivity index (χ0) is 17.1. The van der Waals surface area contributed by atoms with E-state index in [-0.39, 0.29) is 5.11 Å². The molecule has 126 valence electrons. The summed E-state index contributed by atoms with van der Waals surface area (Å²) in [4.78, 5) is 12.0. The zero-order valence-corrected chi connectivity index (χ0v) is 13.1. The average molecular weight is 341 g/mol. The van der Waals surface area contributed by atoms with Crippen molar-refractivity contribution in [1.82, 2.24) is 10.4 Å². The van der Waals surface area contributed by atoms with Crippen LogP contribution in [-0.4, -0.2) is 73.8 Å². The molecular formula is C14H19N3O5S. The SMILES string of the molecule is CN(NC1C(=O)[C@@H](O)[C@H](O)[C@H](O)[C@@H]1O)C(=S)Nc1ccccc1. The lowest BCUT2D eigenvalue weighted by Crippen LogP contribution is -2.68. The van der Waals surface area contributed by atoms with Gasteiger partial charge in [0.15, 0.2) is 10.9 Å². The van der Waals surface area contributed by atoms with Crippen LogP contribution in [0.3, 0.4) is 0 Å². The van der Waals surface area contributed by atoms with Gasteiger partial charge in [0, 0.05) is 12.7 Å². The summed E-state index contributed by atoms with van der Waals surface area (Å²) in [5.41, 5.74) is 3.35. The number of para-hydroxylation sites is 1. The average Bonchev–Trinajstić information content (AvgIpc) is 2.55. The molecule has 1 aliphatic rings. The van der Waals surface area contributed by atoms with E-state index in [9.17, 15) is 25.2 Å². The highest BCUT2D eigenvalue weighted by Crippen LogP contribution is 2.18. The number of hydrazine groups is 1. The number of hydrogen-bond acceptors (Lipinski definition) is 7. The summed E-state index contributed by atoms with van der Waals surface area (Å²) in [5.74, 6) is -0.829. The fraction of sp³-hybridized carbons (Fsp3) is 0.429. The number of carbonyl (C=O) groups is 1. The minimum Gasteiger partial charge on any atom is -0.388 e. The molecule has 6 N–H and O–H groups in total. The van der Waals surface area contributed by atoms with Crippen molar-refractivity contribution in [2.24, 2.45) is 0 Å². The second-order valence-corrected chi connectivity index (χ2v) is 5.67. The van der Waals surface area contributed by atoms with Gasteiger partial charge in [0.05, 0.1) is 0 Å². The number of hydrogen-bond donors (Lipinski definition) is 6. The highest BCUT2D eigenvalue weighted by molar-refractivity contribution is 7.80. The maximum atomic E-state index is 12.0. The fourth-order valence-corrected chi connectivity index (χ4v) is 2.41. The first-order valence-electron chi connectivity index (χ1n) is 6.95. The van der Waals surface area contributed by atoms with E-state index in [0.29, 0.717) is 0 Å². The molecule has 1 fully saturated rings. The molecule has 23 heavy (non-hydrogen) atoms. The fourth-order valence-electron chi connectivity index (χ4n) is 2.24. The number of carbonyl (C=O) groups excluding carboxylic acids is 1. The Morgan fingerprint density at radius 1 is 1.09 bits per heavy atom. The van der Waals surface area contributed by atoms with Crippen LogP contribution in [0.4, 0.5) is 5.69 Å². The number of aliphatic hydroxyl groups is 4. The van der Waals surface area contributed by atoms with Gasteiger partial charge in [0.25, 0.3) is 0 Å². The van der Waals surface area contributed by atoms with Crippen molar-refractivity contribution < 1.29 is 25.2 Å². The van der Waals surface area contributed by atoms with Gasteiger partial charge >= 0.3 is 0 Å². The minimum atomic E-state index is -1.78. The smallest absolute Gasteiger partial charge is 0.187 e. The molecule has 0 amide bonds. The molecule has 1 aromatic rings. The Bertz CT molecular complexity index is 573. The zero-order valence-electron chi connectivity index (χ0n) is 12.3. The van der Waals surface area contributed by atoms with Crippen LogP contribution in [-0.2, 0) is 4.79 Å². The van der Waals surface area contributed by atoms with Crippen LogP contribution < -0.4 is 10.7 Å². The Labute approximate surface area is 138 Å². The molecule has 0 spiro atoms. The monoisotopic (exact) mass is 341 g/mol. The van der Waals surface area contributed by atoms with Crippen LogP contribution in [0, 0.1) is 0 Å². The van der Waals surface area contributed by atoms with E-state index in [0.717, 1.165) is 5.69 Å². The maximum Gasteiger partial charge on any atom is 0.187 e. The Morgan fingerprint density at radius 3 is 2.30 bits per heavy atom. The van der Waals surface area contributed by atoms with Gasteiger partial charge in [-0.2, -0.15) is 0 Å². The molecule has 0 bridgehead atoms. The topological polar surface area (TPSA) is 125 Å². The molecule has 0 radical (unpaired) electrons. The van der Waals surface area contributed by atoms with Crippen molar-refractivity contribution in [3.63, 3.8) is 0 Å². The summed E-state index contributed by atoms with van der Waals surface area (Å²) in [6.45, 7) is 0. The second kappa shape index (κ2) is 7.30. The van der Waals surface area contributed by atoms with Crippen LogP contribution >= 0.6 is 12.2 Å². The van der Waals surface area contributed by atoms with E-state index in [1.807, 2.05) is 18.2 Å². The Balaban J connectivity index is 2.02. The van der Waals surface area contributed by atoms with E-state index in [2.05, 4.69) is 10.7 Å². The van der Waals surface area contributed by atoms with Crippen molar-refractivity contribution in [3.05, 3.63) is 30.3 Å². The number of benzene rings is 1. The number of nitrogens with zero attached hydrogens (tertiary/aromatic N) is 1. The van der Waals surface area contributed by atoms with E-state index >= 15 is 0 Å². The summed E-state index contributed by atoms with van der Waals surface area (Å²) in [6, 6.07) is 7.78. The molecular weight excluding hydrogens is 322 g/mol. The first-order chi connectivity index (χ1) is 10.8. The van der Waals surface area contributed by atoms with Crippen LogP contribution in [0.15, 0.2) is 30.3 Å². The number of ketones is 1. The summed E-state index contributed by atoms with van der Waals surface area (Å²) >= 11 is 5.17. The Kier molecular flexibility index (Phi) is 5.63. The second-order valence-electron chi connectivity index (χ2n) is 5.28. The summed E-state index contributed by atoms with van der Waals surface area (Å²) in [7, 11) is 1.52. The summed E-state index contributed by atoms with van der Waals surface area (Å²) in [6.07, 6.45) is -6.74. The van der Waals surface area contributed by atoms with Gasteiger partial charge in [-0.3, -0.25) is 9.80 Å². The third-order valence-corrected chi connectivity index (χ3v) is 4.00. The number of thiocarbonyl (C=S) groups is 1. The van der Waals surface area contributed by atoms with E-state index in [1.54, 1.807) is 12.1 Å². The van der Waals surface area contributed by atoms with Gasteiger partial charge in [-0.25, -0.2) is 5.43 Å². The molecule has 9 heteroatoms. The molecule has 1 aliphatic carbocycles. The van der Waals surface area contributed by atoms with Gasteiger partial charge in [-0.1, -0.05) is 18.2 Å². The summed E-state index contributed by atoms with van der Waals surface area (Å²) < 4.78 is 0. The van der Waals surface area contributed by atoms with Crippen LogP contribution in [0.5, 0.6) is 0 Å². The lowest BCUT2D eigenvalue weighted by molar-refractivity contribution is -0.171. The van der Waals surface area contributed by atoms with Gasteiger partial charge in [-0.15, -0.1) is 0 Å². The normalized spacial score (nSPS) is 30.8. The highest BCUT2D eigenvalue weighted by Gasteiger charge is 2.48. The van der Waals surface area contributed by atoms with Crippen molar-refractivity contribution >= 4 is 28.8 Å². The molecule has 0 saturated heterocycles. The van der Waals surface area contributed by atoms with Crippen molar-refractivity contribution in [2.45, 2.75) is 30.5 Å². The van der Waals surface area contributed by atoms with Crippen molar-refractivity contribution in [2.75, 3.05) is 12.4 Å². The maximum absolute atomic E-state index is 12.0. The number of aliphatic hydroxyl groups excluding tert-OH is 4. The first kappa shape index (κ1) is 17.7. The largest absolute Gasteiger partial charge is 0.388 e. The van der Waals surface area contributed by atoms with Crippen molar-refractivity contribution in [3.8, 4) is 0 Å². The molecule has 1 aromatic carbocycles. The van der Waals surface area contributed by atoms with E-state index in [1.165, 1.54) is 12.1 Å². The van der Waals surface area contributed by atoms with Crippen molar-refractivity contribution in [1.29, 1.82) is 0 Å². The minimum absolute atomic E-state index is 0.214. The van der Waals surface area contributed by atoms with Gasteiger partial charge in [0.1, 0.15) is 30.5 Å². The number of anilines is 1. The third-order valence-electron chi connectivity index (χ3n) is 3.63. The van der Waals surface area contributed by atoms with Gasteiger partial charge in [0.2, 0.25) is 0 Å². The Hall–Kier alpha value is -1.62. The molecule has 0 heterocycles. The lowest BCUT2D eigenvalue weighted by Gasteiger charge is -2.39. The van der Waals surface area contributed by atoms with Crippen LogP contribution in [0.1, 0.15) is 0 Å². The molecule has 2 rings (SSSR count). The quantitative estimate of drug-likeness (QED) is 0.279. The highest BCUT2D eigenvalue weighted by atomic mass is 32.1. The molecule has 1 saturated carbocycles. The first-order valence-corrected chi connectivity index (χ1v) is 7.35. The predicted molar refractivity (Wildman–Crippen MR) is 86.4 cm³/mol. The number of Topliss-reactive ketones (excluding diaryl/α,β-unsaturated/α-hetero) is 1. The van der Waals surface area contributed by atoms with Crippen LogP contribution in [0.25, 0.3) is 0 Å². The lowest BCUT2D eigenvalue weighted by atomic mass is 9.85. The van der Waals surface area contributed by atoms with E-state index in [4.69, 9.17) is 12.2 Å². The molecule has 0 aromatic heterocycles. The van der Waals surface area contributed by atoms with E-state index < -0.39 is 36.2 Å². The Morgan fingerprint density at radius 2 is 1.70 bits per heavy atom. The molecule has 5 atom stereocenters. The predicted octanol–water partition coefficient (Wildman–Crippen LogP) is -1.79. The standard InChI is InChI=1S/C14H19N3O5S/c1-17(14(23)15-7-5-3-2-4-6-7)16-8-9(18)11(20)13(22)12(21)10(8)19/h2-6,8-9,11-13,16,18,20-22H,1H3,(H,15,23)/t8?,9-,11-,12-,13-/m1/s1. The van der Waals surface area contributed by atoms with Gasteiger partial charge < -0.3 is 25.7 Å². The van der Waals surface area contributed by atoms with Crippen LogP contribution in [0.2, 0.25) is 0 Å². The summed E-state index contributed by atoms with van der Waals surface area (Å²) in [5, 5.41) is 43.1. The molecule has 1 unspecified atom stereocenters. The molecule has 0 aliphatic heterocycles. The molecule has 8 nitrogen and oxygen atoms in total. The number of nitrogens with one attached hydrogen (secondary N) is 2. The third kappa shape index (κ3) is 3.83.